The number of halogens is 1. The minimum Gasteiger partial charge on any atom is -0.474 e. The number of nitrogens with one attached hydrogen (secondary N) is 1. The molecule has 1 aliphatic heterocycles. The van der Waals surface area contributed by atoms with Crippen LogP contribution in [0.3, 0.4) is 0 Å². The maximum Gasteiger partial charge on any atom is 0.245 e. The zero-order chi connectivity index (χ0) is 23.5. The van der Waals surface area contributed by atoms with E-state index in [1.807, 2.05) is 18.2 Å². The van der Waals surface area contributed by atoms with Crippen LogP contribution in [-0.4, -0.2) is 49.9 Å². The van der Waals surface area contributed by atoms with Crippen LogP contribution in [-0.2, 0) is 4.79 Å². The van der Waals surface area contributed by atoms with E-state index < -0.39 is 0 Å². The van der Waals surface area contributed by atoms with E-state index in [2.05, 4.69) is 31.8 Å². The molecule has 0 aliphatic carbocycles. The average Bonchev–Trinajstić information content (AvgIpc) is 3.40. The van der Waals surface area contributed by atoms with Crippen LogP contribution in [0.4, 0.5) is 11.5 Å². The lowest BCUT2D eigenvalue weighted by Crippen LogP contribution is -2.41. The number of oxazole rings is 1. The number of hydrogen-bond acceptors (Lipinski definition) is 8. The number of piperidine rings is 1. The van der Waals surface area contributed by atoms with E-state index in [-0.39, 0.29) is 12.0 Å². The Bertz CT molecular complexity index is 1340. The van der Waals surface area contributed by atoms with E-state index in [4.69, 9.17) is 20.8 Å². The molecule has 4 aromatic rings. The molecular formula is C24H21ClN6O3. The van der Waals surface area contributed by atoms with Gasteiger partial charge in [-0.2, -0.15) is 0 Å². The number of benzene rings is 1. The fraction of sp³-hybridized carbons (Fsp3) is 0.208. The molecule has 0 atom stereocenters. The average molecular weight is 477 g/mol. The van der Waals surface area contributed by atoms with Crippen LogP contribution in [0.25, 0.3) is 22.2 Å². The van der Waals surface area contributed by atoms with Crippen LogP contribution in [0.1, 0.15) is 12.8 Å². The van der Waals surface area contributed by atoms with Gasteiger partial charge in [0.2, 0.25) is 11.8 Å². The minimum absolute atomic E-state index is 0.0272. The predicted molar refractivity (Wildman–Crippen MR) is 128 cm³/mol. The summed E-state index contributed by atoms with van der Waals surface area (Å²) in [5.41, 5.74) is 2.17. The fourth-order valence-electron chi connectivity index (χ4n) is 3.88. The number of hydrogen-bond donors (Lipinski definition) is 1. The molecule has 34 heavy (non-hydrogen) atoms. The van der Waals surface area contributed by atoms with Crippen molar-refractivity contribution in [2.45, 2.75) is 18.9 Å². The highest BCUT2D eigenvalue weighted by Crippen LogP contribution is 2.32. The summed E-state index contributed by atoms with van der Waals surface area (Å²) in [6.07, 6.45) is 8.88. The molecule has 10 heteroatoms. The molecule has 0 bridgehead atoms. The van der Waals surface area contributed by atoms with Crippen LogP contribution in [0.2, 0.25) is 5.02 Å². The van der Waals surface area contributed by atoms with E-state index in [0.29, 0.717) is 41.1 Å². The first-order chi connectivity index (χ1) is 16.6. The molecule has 1 aliphatic rings. The van der Waals surface area contributed by atoms with Crippen LogP contribution in [0, 0.1) is 0 Å². The Kier molecular flexibility index (Phi) is 6.09. The van der Waals surface area contributed by atoms with Gasteiger partial charge in [0.1, 0.15) is 18.2 Å². The Balaban J connectivity index is 1.36. The Labute approximate surface area is 200 Å². The van der Waals surface area contributed by atoms with Crippen molar-refractivity contribution < 1.29 is 13.9 Å². The maximum atomic E-state index is 11.8. The summed E-state index contributed by atoms with van der Waals surface area (Å²) in [5.74, 6) is 1.61. The number of likely N-dealkylation sites (tertiary alicyclic amines) is 1. The summed E-state index contributed by atoms with van der Waals surface area (Å²) in [7, 11) is 0. The summed E-state index contributed by atoms with van der Waals surface area (Å²) in [4.78, 5) is 30.7. The van der Waals surface area contributed by atoms with Gasteiger partial charge in [-0.1, -0.05) is 18.2 Å². The van der Waals surface area contributed by atoms with E-state index >= 15 is 0 Å². The first kappa shape index (κ1) is 21.8. The lowest BCUT2D eigenvalue weighted by molar-refractivity contribution is -0.127. The molecule has 3 aromatic heterocycles. The van der Waals surface area contributed by atoms with Gasteiger partial charge in [-0.15, -0.1) is 0 Å². The standard InChI is InChI=1S/C24H21ClN6O3/c1-2-23(32)31-7-5-16(6-8-31)34-22-10-18-20(11-27-22)28-13-29-24(18)30-15-3-4-19(25)17(9-15)21-12-26-14-33-21/h2-4,9-14,16H,1,5-8H2,(H,28,29,30). The maximum absolute atomic E-state index is 11.8. The van der Waals surface area contributed by atoms with E-state index in [1.165, 1.54) is 18.8 Å². The first-order valence-corrected chi connectivity index (χ1v) is 11.1. The van der Waals surface area contributed by atoms with Gasteiger partial charge < -0.3 is 19.4 Å². The van der Waals surface area contributed by atoms with Crippen molar-refractivity contribution in [3.05, 3.63) is 67.1 Å². The van der Waals surface area contributed by atoms with Gasteiger partial charge >= 0.3 is 0 Å². The largest absolute Gasteiger partial charge is 0.474 e. The van der Waals surface area contributed by atoms with Crippen LogP contribution < -0.4 is 10.1 Å². The molecule has 5 rings (SSSR count). The quantitative estimate of drug-likeness (QED) is 0.401. The summed E-state index contributed by atoms with van der Waals surface area (Å²) in [6, 6.07) is 7.33. The molecule has 9 nitrogen and oxygen atoms in total. The van der Waals surface area contributed by atoms with Crippen molar-refractivity contribution >= 4 is 39.9 Å². The molecule has 172 valence electrons. The number of carbonyl (C=O) groups excluding carboxylic acids is 1. The lowest BCUT2D eigenvalue weighted by atomic mass is 10.1. The summed E-state index contributed by atoms with van der Waals surface area (Å²) in [5, 5.41) is 4.64. The van der Waals surface area contributed by atoms with E-state index in [0.717, 1.165) is 29.5 Å². The second kappa shape index (κ2) is 9.48. The zero-order valence-corrected chi connectivity index (χ0v) is 18.9. The topological polar surface area (TPSA) is 106 Å². The van der Waals surface area contributed by atoms with Crippen LogP contribution in [0.5, 0.6) is 5.88 Å². The predicted octanol–water partition coefficient (Wildman–Crippen LogP) is 4.63. The smallest absolute Gasteiger partial charge is 0.245 e. The molecule has 1 N–H and O–H groups in total. The number of fused-ring (bicyclic) bond motifs is 1. The second-order valence-corrected chi connectivity index (χ2v) is 8.20. The van der Waals surface area contributed by atoms with Crippen molar-refractivity contribution in [1.29, 1.82) is 0 Å². The van der Waals surface area contributed by atoms with E-state index in [1.54, 1.807) is 23.4 Å². The van der Waals surface area contributed by atoms with Crippen molar-refractivity contribution in [2.75, 3.05) is 18.4 Å². The SMILES string of the molecule is C=CC(=O)N1CCC(Oc2cc3c(Nc4ccc(Cl)c(-c5cnco5)c4)ncnc3cn2)CC1. The van der Waals surface area contributed by atoms with Crippen LogP contribution in [0.15, 0.2) is 66.5 Å². The van der Waals surface area contributed by atoms with Gasteiger partial charge in [-0.05, 0) is 24.3 Å². The van der Waals surface area contributed by atoms with Crippen molar-refractivity contribution in [3.8, 4) is 17.2 Å². The number of anilines is 2. The zero-order valence-electron chi connectivity index (χ0n) is 18.1. The molecule has 0 unspecified atom stereocenters. The highest BCUT2D eigenvalue weighted by Gasteiger charge is 2.23. The number of ether oxygens (including phenoxy) is 1. The lowest BCUT2D eigenvalue weighted by Gasteiger charge is -2.31. The molecule has 1 fully saturated rings. The Hall–Kier alpha value is -3.98. The van der Waals surface area contributed by atoms with Gasteiger partial charge in [-0.3, -0.25) is 4.79 Å². The molecule has 0 saturated carbocycles. The summed E-state index contributed by atoms with van der Waals surface area (Å²) < 4.78 is 11.5. The Morgan fingerprint density at radius 2 is 2.06 bits per heavy atom. The highest BCUT2D eigenvalue weighted by atomic mass is 35.5. The second-order valence-electron chi connectivity index (χ2n) is 7.79. The van der Waals surface area contributed by atoms with E-state index in [9.17, 15) is 4.79 Å². The fourth-order valence-corrected chi connectivity index (χ4v) is 4.09. The first-order valence-electron chi connectivity index (χ1n) is 10.7. The molecule has 0 spiro atoms. The van der Waals surface area contributed by atoms with Crippen molar-refractivity contribution in [1.82, 2.24) is 24.8 Å². The molecule has 1 amide bonds. The Morgan fingerprint density at radius 3 is 2.82 bits per heavy atom. The molecule has 1 saturated heterocycles. The molecule has 1 aromatic carbocycles. The van der Waals surface area contributed by atoms with Gasteiger partial charge in [0.25, 0.3) is 0 Å². The summed E-state index contributed by atoms with van der Waals surface area (Å²) in [6.45, 7) is 4.80. The monoisotopic (exact) mass is 476 g/mol. The number of nitrogens with zero attached hydrogens (tertiary/aromatic N) is 5. The molecular weight excluding hydrogens is 456 g/mol. The van der Waals surface area contributed by atoms with Crippen molar-refractivity contribution in [3.63, 3.8) is 0 Å². The highest BCUT2D eigenvalue weighted by molar-refractivity contribution is 6.33. The van der Waals surface area contributed by atoms with Gasteiger partial charge in [0, 0.05) is 48.6 Å². The number of carbonyl (C=O) groups is 1. The molecule has 4 heterocycles. The normalized spacial score (nSPS) is 14.2. The van der Waals surface area contributed by atoms with Gasteiger partial charge in [-0.25, -0.2) is 19.9 Å². The summed E-state index contributed by atoms with van der Waals surface area (Å²) >= 11 is 6.34. The Morgan fingerprint density at radius 1 is 1.21 bits per heavy atom. The number of aromatic nitrogens is 4. The number of pyridine rings is 1. The third kappa shape index (κ3) is 4.55. The molecule has 0 radical (unpaired) electrons. The van der Waals surface area contributed by atoms with Gasteiger partial charge in [0.15, 0.2) is 12.2 Å². The number of rotatable bonds is 6. The van der Waals surface area contributed by atoms with Gasteiger partial charge in [0.05, 0.1) is 22.9 Å². The number of amides is 1. The van der Waals surface area contributed by atoms with Crippen molar-refractivity contribution in [2.24, 2.45) is 0 Å². The third-order valence-electron chi connectivity index (χ3n) is 5.64. The third-order valence-corrected chi connectivity index (χ3v) is 5.97. The van der Waals surface area contributed by atoms with Crippen LogP contribution >= 0.6 is 11.6 Å². The minimum atomic E-state index is -0.0520.